The van der Waals surface area contributed by atoms with Gasteiger partial charge in [-0.3, -0.25) is 4.99 Å². The van der Waals surface area contributed by atoms with Gasteiger partial charge in [-0.05, 0) is 38.5 Å². The first-order valence-electron chi connectivity index (χ1n) is 9.54. The van der Waals surface area contributed by atoms with Crippen LogP contribution in [-0.4, -0.2) is 49.2 Å². The molecule has 0 aromatic heterocycles. The molecule has 3 saturated heterocycles. The Morgan fingerprint density at radius 1 is 1.05 bits per heavy atom. The molecule has 1 saturated carbocycles. The molecule has 0 amide bonds. The molecule has 1 aliphatic carbocycles. The highest BCUT2D eigenvalue weighted by atomic mass is 16.5. The number of ether oxygens (including phenoxy) is 1. The monoisotopic (exact) mass is 305 g/mol. The van der Waals surface area contributed by atoms with Gasteiger partial charge < -0.3 is 15.0 Å². The summed E-state index contributed by atoms with van der Waals surface area (Å²) in [6.07, 6.45) is 10.7. The van der Waals surface area contributed by atoms with Gasteiger partial charge >= 0.3 is 0 Å². The number of likely N-dealkylation sites (tertiary alicyclic amines) is 1. The Morgan fingerprint density at radius 2 is 1.73 bits per heavy atom. The maximum atomic E-state index is 6.10. The molecule has 4 unspecified atom stereocenters. The van der Waals surface area contributed by atoms with Gasteiger partial charge in [0.2, 0.25) is 0 Å². The molecule has 124 valence electrons. The number of rotatable bonds is 3. The highest BCUT2D eigenvalue weighted by molar-refractivity contribution is 5.80. The van der Waals surface area contributed by atoms with Crippen molar-refractivity contribution in [2.24, 2.45) is 22.7 Å². The summed E-state index contributed by atoms with van der Waals surface area (Å²) in [5, 5.41) is 3.54. The maximum absolute atomic E-state index is 6.10. The molecule has 3 aliphatic heterocycles. The largest absolute Gasteiger partial charge is 0.374 e. The quantitative estimate of drug-likeness (QED) is 0.643. The molecule has 0 spiro atoms. The smallest absolute Gasteiger partial charge is 0.193 e. The molecule has 3 heterocycles. The summed E-state index contributed by atoms with van der Waals surface area (Å²) in [5.41, 5.74) is 0. The van der Waals surface area contributed by atoms with Crippen LogP contribution in [0.4, 0.5) is 0 Å². The van der Waals surface area contributed by atoms with Gasteiger partial charge in [0.15, 0.2) is 5.96 Å². The topological polar surface area (TPSA) is 36.9 Å². The van der Waals surface area contributed by atoms with Crippen molar-refractivity contribution in [2.75, 3.05) is 26.2 Å². The minimum atomic E-state index is 0.543. The number of aliphatic imine (C=N–C) groups is 1. The summed E-state index contributed by atoms with van der Waals surface area (Å²) in [7, 11) is 0. The van der Waals surface area contributed by atoms with Crippen LogP contribution < -0.4 is 5.32 Å². The molecule has 1 N–H and O–H groups in total. The summed E-state index contributed by atoms with van der Waals surface area (Å²) in [5.74, 6) is 3.51. The van der Waals surface area contributed by atoms with E-state index in [1.807, 2.05) is 0 Å². The van der Waals surface area contributed by atoms with E-state index >= 15 is 0 Å². The third kappa shape index (κ3) is 2.75. The molecule has 0 radical (unpaired) electrons. The van der Waals surface area contributed by atoms with Crippen LogP contribution in [0.1, 0.15) is 51.9 Å². The predicted molar refractivity (Wildman–Crippen MR) is 89.0 cm³/mol. The van der Waals surface area contributed by atoms with E-state index in [0.29, 0.717) is 12.2 Å². The lowest BCUT2D eigenvalue weighted by Gasteiger charge is -2.25. The lowest BCUT2D eigenvalue weighted by Crippen LogP contribution is -2.41. The highest BCUT2D eigenvalue weighted by Crippen LogP contribution is 2.47. The predicted octanol–water partition coefficient (Wildman–Crippen LogP) is 2.64. The third-order valence-corrected chi connectivity index (χ3v) is 6.31. The minimum Gasteiger partial charge on any atom is -0.374 e. The van der Waals surface area contributed by atoms with E-state index in [4.69, 9.17) is 9.73 Å². The van der Waals surface area contributed by atoms with Crippen LogP contribution in [0, 0.1) is 17.8 Å². The van der Waals surface area contributed by atoms with Gasteiger partial charge in [0.1, 0.15) is 0 Å². The maximum Gasteiger partial charge on any atom is 0.193 e. The van der Waals surface area contributed by atoms with Gasteiger partial charge in [0, 0.05) is 38.0 Å². The Hall–Kier alpha value is -0.770. The third-order valence-electron chi connectivity index (χ3n) is 6.31. The van der Waals surface area contributed by atoms with Crippen molar-refractivity contribution in [1.82, 2.24) is 10.2 Å². The molecule has 22 heavy (non-hydrogen) atoms. The van der Waals surface area contributed by atoms with E-state index in [9.17, 15) is 0 Å². The second-order valence-corrected chi connectivity index (χ2v) is 7.72. The molecule has 0 aromatic carbocycles. The van der Waals surface area contributed by atoms with Crippen molar-refractivity contribution < 1.29 is 4.74 Å². The molecule has 4 atom stereocenters. The number of nitrogens with zero attached hydrogens (tertiary/aromatic N) is 2. The number of fused-ring (bicyclic) bond motifs is 5. The van der Waals surface area contributed by atoms with Crippen molar-refractivity contribution in [3.05, 3.63) is 0 Å². The molecular weight excluding hydrogens is 274 g/mol. The van der Waals surface area contributed by atoms with E-state index in [-0.39, 0.29) is 0 Å². The molecular formula is C18H31N3O. The zero-order chi connectivity index (χ0) is 14.9. The summed E-state index contributed by atoms with van der Waals surface area (Å²) >= 11 is 0. The van der Waals surface area contributed by atoms with Gasteiger partial charge in [-0.2, -0.15) is 0 Å². The Balaban J connectivity index is 1.39. The SMILES string of the molecule is CCNC(=NCC1CCCCC1)N1CC2C3CCC(O3)C2C1. The van der Waals surface area contributed by atoms with Gasteiger partial charge in [-0.1, -0.05) is 19.3 Å². The van der Waals surface area contributed by atoms with Crippen LogP contribution in [0.5, 0.6) is 0 Å². The van der Waals surface area contributed by atoms with Gasteiger partial charge in [0.25, 0.3) is 0 Å². The minimum absolute atomic E-state index is 0.543. The molecule has 2 bridgehead atoms. The van der Waals surface area contributed by atoms with E-state index in [1.54, 1.807) is 0 Å². The second kappa shape index (κ2) is 6.38. The van der Waals surface area contributed by atoms with Crippen LogP contribution in [-0.2, 0) is 4.74 Å². The number of hydrogen-bond acceptors (Lipinski definition) is 2. The van der Waals surface area contributed by atoms with Crippen LogP contribution in [0.25, 0.3) is 0 Å². The standard InChI is InChI=1S/C18H31N3O/c1-2-19-18(20-10-13-6-4-3-5-7-13)21-11-14-15(12-21)17-9-8-16(14)22-17/h13-17H,2-12H2,1H3,(H,19,20). The number of nitrogens with one attached hydrogen (secondary N) is 1. The van der Waals surface area contributed by atoms with Crippen LogP contribution in [0.3, 0.4) is 0 Å². The van der Waals surface area contributed by atoms with E-state index in [0.717, 1.165) is 43.9 Å². The Labute approximate surface area is 134 Å². The average molecular weight is 305 g/mol. The van der Waals surface area contributed by atoms with Crippen molar-refractivity contribution in [2.45, 2.75) is 64.1 Å². The normalized spacial score (nSPS) is 38.6. The Kier molecular flexibility index (Phi) is 4.29. The summed E-state index contributed by atoms with van der Waals surface area (Å²) in [6.45, 7) is 6.49. The first-order valence-corrected chi connectivity index (χ1v) is 9.54. The van der Waals surface area contributed by atoms with Gasteiger partial charge in [-0.15, -0.1) is 0 Å². The highest BCUT2D eigenvalue weighted by Gasteiger charge is 2.53. The molecule has 4 rings (SSSR count). The molecule has 4 heteroatoms. The van der Waals surface area contributed by atoms with Crippen molar-refractivity contribution in [3.63, 3.8) is 0 Å². The van der Waals surface area contributed by atoms with Crippen LogP contribution >= 0.6 is 0 Å². The lowest BCUT2D eigenvalue weighted by molar-refractivity contribution is 0.0767. The zero-order valence-electron chi connectivity index (χ0n) is 14.0. The Bertz CT molecular complexity index is 401. The molecule has 0 aromatic rings. The van der Waals surface area contributed by atoms with E-state index < -0.39 is 0 Å². The first-order chi connectivity index (χ1) is 10.8. The van der Waals surface area contributed by atoms with Crippen molar-refractivity contribution in [1.29, 1.82) is 0 Å². The number of guanidine groups is 1. The fourth-order valence-corrected chi connectivity index (χ4v) is 5.14. The lowest BCUT2D eigenvalue weighted by atomic mass is 9.82. The van der Waals surface area contributed by atoms with Crippen molar-refractivity contribution in [3.8, 4) is 0 Å². The van der Waals surface area contributed by atoms with Crippen LogP contribution in [0.2, 0.25) is 0 Å². The molecule has 4 aliphatic rings. The molecule has 4 nitrogen and oxygen atoms in total. The zero-order valence-corrected chi connectivity index (χ0v) is 14.0. The van der Waals surface area contributed by atoms with Gasteiger partial charge in [0.05, 0.1) is 12.2 Å². The summed E-state index contributed by atoms with van der Waals surface area (Å²) in [6, 6.07) is 0. The van der Waals surface area contributed by atoms with Crippen LogP contribution in [0.15, 0.2) is 4.99 Å². The van der Waals surface area contributed by atoms with Crippen molar-refractivity contribution >= 4 is 5.96 Å². The number of hydrogen-bond donors (Lipinski definition) is 1. The first kappa shape index (κ1) is 14.8. The fourth-order valence-electron chi connectivity index (χ4n) is 5.14. The van der Waals surface area contributed by atoms with E-state index in [2.05, 4.69) is 17.1 Å². The molecule has 4 fully saturated rings. The average Bonchev–Trinajstić information content (AvgIpc) is 3.24. The summed E-state index contributed by atoms with van der Waals surface area (Å²) < 4.78 is 6.10. The summed E-state index contributed by atoms with van der Waals surface area (Å²) in [4.78, 5) is 7.53. The Morgan fingerprint density at radius 3 is 2.36 bits per heavy atom. The van der Waals surface area contributed by atoms with Gasteiger partial charge in [-0.25, -0.2) is 0 Å². The van der Waals surface area contributed by atoms with E-state index in [1.165, 1.54) is 50.9 Å². The fraction of sp³-hybridized carbons (Fsp3) is 0.944. The second-order valence-electron chi connectivity index (χ2n) is 7.72.